The summed E-state index contributed by atoms with van der Waals surface area (Å²) in [6, 6.07) is 5.06. The van der Waals surface area contributed by atoms with Crippen LogP contribution in [0.15, 0.2) is 23.1 Å². The van der Waals surface area contributed by atoms with E-state index < -0.39 is 10.0 Å². The molecule has 0 aliphatic carbocycles. The molecular weight excluding hydrogens is 250 g/mol. The molecule has 0 atom stereocenters. The maximum atomic E-state index is 12.3. The third kappa shape index (κ3) is 2.52. The van der Waals surface area contributed by atoms with Crippen LogP contribution in [-0.4, -0.2) is 32.4 Å². The molecule has 4 nitrogen and oxygen atoms in total. The number of rotatable bonds is 4. The zero-order valence-corrected chi connectivity index (χ0v) is 11.7. The van der Waals surface area contributed by atoms with E-state index in [2.05, 4.69) is 0 Å². The van der Waals surface area contributed by atoms with Gasteiger partial charge in [0.2, 0.25) is 10.0 Å². The van der Waals surface area contributed by atoms with Crippen molar-refractivity contribution in [2.24, 2.45) is 0 Å². The molecule has 100 valence electrons. The zero-order valence-electron chi connectivity index (χ0n) is 10.8. The summed E-state index contributed by atoms with van der Waals surface area (Å²) < 4.78 is 31.7. The van der Waals surface area contributed by atoms with Crippen LogP contribution in [0.2, 0.25) is 0 Å². The highest BCUT2D eigenvalue weighted by Crippen LogP contribution is 2.25. The van der Waals surface area contributed by atoms with Gasteiger partial charge in [0.1, 0.15) is 5.75 Å². The normalized spacial score (nSPS) is 17.0. The number of benzene rings is 1. The lowest BCUT2D eigenvalue weighted by molar-refractivity contribution is 0.337. The van der Waals surface area contributed by atoms with Gasteiger partial charge in [-0.2, -0.15) is 4.31 Å². The molecule has 1 fully saturated rings. The van der Waals surface area contributed by atoms with Crippen molar-refractivity contribution < 1.29 is 13.2 Å². The Balaban J connectivity index is 2.30. The fourth-order valence-electron chi connectivity index (χ4n) is 2.18. The summed E-state index contributed by atoms with van der Waals surface area (Å²) in [6.45, 7) is 5.63. The third-order valence-electron chi connectivity index (χ3n) is 3.15. The second kappa shape index (κ2) is 5.28. The van der Waals surface area contributed by atoms with Gasteiger partial charge in [-0.1, -0.05) is 0 Å². The van der Waals surface area contributed by atoms with Crippen LogP contribution in [0.3, 0.4) is 0 Å². The Morgan fingerprint density at radius 1 is 1.28 bits per heavy atom. The first-order valence-corrected chi connectivity index (χ1v) is 7.73. The van der Waals surface area contributed by atoms with Gasteiger partial charge in [-0.25, -0.2) is 8.42 Å². The van der Waals surface area contributed by atoms with Crippen LogP contribution >= 0.6 is 0 Å². The van der Waals surface area contributed by atoms with E-state index in [4.69, 9.17) is 4.74 Å². The van der Waals surface area contributed by atoms with Gasteiger partial charge in [-0.15, -0.1) is 0 Å². The summed E-state index contributed by atoms with van der Waals surface area (Å²) >= 11 is 0. The molecule has 1 saturated heterocycles. The minimum Gasteiger partial charge on any atom is -0.494 e. The molecule has 1 heterocycles. The van der Waals surface area contributed by atoms with Gasteiger partial charge in [0.05, 0.1) is 11.5 Å². The minimum atomic E-state index is -3.32. The lowest BCUT2D eigenvalue weighted by atomic mass is 10.2. The Labute approximate surface area is 109 Å². The summed E-state index contributed by atoms with van der Waals surface area (Å²) in [5, 5.41) is 0. The van der Waals surface area contributed by atoms with Gasteiger partial charge in [0.15, 0.2) is 0 Å². The summed E-state index contributed by atoms with van der Waals surface area (Å²) in [5.41, 5.74) is 0.858. The Bertz CT molecular complexity index is 519. The van der Waals surface area contributed by atoms with Gasteiger partial charge in [0.25, 0.3) is 0 Å². The number of sulfonamides is 1. The van der Waals surface area contributed by atoms with Gasteiger partial charge in [-0.3, -0.25) is 0 Å². The molecule has 0 unspecified atom stereocenters. The van der Waals surface area contributed by atoms with Crippen LogP contribution in [0.25, 0.3) is 0 Å². The van der Waals surface area contributed by atoms with Gasteiger partial charge < -0.3 is 4.74 Å². The molecule has 0 spiro atoms. The summed E-state index contributed by atoms with van der Waals surface area (Å²) in [6.07, 6.45) is 1.91. The van der Waals surface area contributed by atoms with E-state index in [1.807, 2.05) is 13.8 Å². The Hall–Kier alpha value is -1.07. The van der Waals surface area contributed by atoms with Crippen LogP contribution in [0.5, 0.6) is 5.75 Å². The summed E-state index contributed by atoms with van der Waals surface area (Å²) in [7, 11) is -3.32. The smallest absolute Gasteiger partial charge is 0.243 e. The van der Waals surface area contributed by atoms with Crippen molar-refractivity contribution in [1.82, 2.24) is 4.31 Å². The quantitative estimate of drug-likeness (QED) is 0.841. The van der Waals surface area contributed by atoms with E-state index in [-0.39, 0.29) is 0 Å². The predicted molar refractivity (Wildman–Crippen MR) is 70.3 cm³/mol. The molecule has 0 aromatic heterocycles. The Morgan fingerprint density at radius 2 is 1.94 bits per heavy atom. The second-order valence-electron chi connectivity index (χ2n) is 4.47. The molecule has 18 heavy (non-hydrogen) atoms. The lowest BCUT2D eigenvalue weighted by Crippen LogP contribution is -2.27. The average Bonchev–Trinajstić information content (AvgIpc) is 2.86. The molecular formula is C13H19NO3S. The topological polar surface area (TPSA) is 46.6 Å². The Kier molecular flexibility index (Phi) is 3.92. The SMILES string of the molecule is CCOc1ccc(S(=O)(=O)N2CCCC2)cc1C. The standard InChI is InChI=1S/C13H19NO3S/c1-3-17-13-7-6-12(10-11(13)2)18(15,16)14-8-4-5-9-14/h6-7,10H,3-5,8-9H2,1-2H3. The molecule has 1 aromatic carbocycles. The molecule has 1 aliphatic heterocycles. The first-order valence-electron chi connectivity index (χ1n) is 6.29. The highest BCUT2D eigenvalue weighted by atomic mass is 32.2. The van der Waals surface area contributed by atoms with E-state index in [9.17, 15) is 8.42 Å². The molecule has 0 N–H and O–H groups in total. The highest BCUT2D eigenvalue weighted by Gasteiger charge is 2.27. The van der Waals surface area contributed by atoms with Gasteiger partial charge >= 0.3 is 0 Å². The van der Waals surface area contributed by atoms with E-state index in [1.54, 1.807) is 22.5 Å². The van der Waals surface area contributed by atoms with E-state index in [0.29, 0.717) is 24.6 Å². The van der Waals surface area contributed by atoms with Crippen molar-refractivity contribution in [1.29, 1.82) is 0 Å². The van der Waals surface area contributed by atoms with E-state index in [0.717, 1.165) is 24.2 Å². The van der Waals surface area contributed by atoms with Crippen LogP contribution in [0, 0.1) is 6.92 Å². The van der Waals surface area contributed by atoms with E-state index >= 15 is 0 Å². The van der Waals surface area contributed by atoms with E-state index in [1.165, 1.54) is 0 Å². The molecule has 0 saturated carbocycles. The molecule has 0 bridgehead atoms. The number of hydrogen-bond donors (Lipinski definition) is 0. The third-order valence-corrected chi connectivity index (χ3v) is 5.04. The summed E-state index contributed by atoms with van der Waals surface area (Å²) in [5.74, 6) is 0.748. The molecule has 1 aromatic rings. The second-order valence-corrected chi connectivity index (χ2v) is 6.41. The first kappa shape index (κ1) is 13.4. The monoisotopic (exact) mass is 269 g/mol. The van der Waals surface area contributed by atoms with Crippen molar-refractivity contribution >= 4 is 10.0 Å². The fourth-order valence-corrected chi connectivity index (χ4v) is 3.78. The maximum Gasteiger partial charge on any atom is 0.243 e. The minimum absolute atomic E-state index is 0.366. The van der Waals surface area contributed by atoms with Crippen LogP contribution < -0.4 is 4.74 Å². The average molecular weight is 269 g/mol. The summed E-state index contributed by atoms with van der Waals surface area (Å²) in [4.78, 5) is 0.366. The van der Waals surface area contributed by atoms with Crippen molar-refractivity contribution in [3.8, 4) is 5.75 Å². The number of ether oxygens (including phenoxy) is 1. The molecule has 1 aliphatic rings. The Morgan fingerprint density at radius 3 is 2.50 bits per heavy atom. The molecule has 2 rings (SSSR count). The maximum absolute atomic E-state index is 12.3. The van der Waals surface area contributed by atoms with Crippen molar-refractivity contribution in [3.63, 3.8) is 0 Å². The van der Waals surface area contributed by atoms with Gasteiger partial charge in [0, 0.05) is 13.1 Å². The lowest BCUT2D eigenvalue weighted by Gasteiger charge is -2.16. The molecule has 0 amide bonds. The zero-order chi connectivity index (χ0) is 13.2. The van der Waals surface area contributed by atoms with Crippen molar-refractivity contribution in [2.75, 3.05) is 19.7 Å². The number of hydrogen-bond acceptors (Lipinski definition) is 3. The number of nitrogens with zero attached hydrogens (tertiary/aromatic N) is 1. The van der Waals surface area contributed by atoms with Crippen LogP contribution in [-0.2, 0) is 10.0 Å². The molecule has 5 heteroatoms. The predicted octanol–water partition coefficient (Wildman–Crippen LogP) is 2.18. The van der Waals surface area contributed by atoms with Crippen LogP contribution in [0.4, 0.5) is 0 Å². The molecule has 0 radical (unpaired) electrons. The first-order chi connectivity index (χ1) is 8.55. The van der Waals surface area contributed by atoms with Crippen molar-refractivity contribution in [2.45, 2.75) is 31.6 Å². The van der Waals surface area contributed by atoms with Crippen molar-refractivity contribution in [3.05, 3.63) is 23.8 Å². The largest absolute Gasteiger partial charge is 0.494 e. The highest BCUT2D eigenvalue weighted by molar-refractivity contribution is 7.89. The number of aryl methyl sites for hydroxylation is 1. The fraction of sp³-hybridized carbons (Fsp3) is 0.538. The van der Waals surface area contributed by atoms with Crippen LogP contribution in [0.1, 0.15) is 25.3 Å². The van der Waals surface area contributed by atoms with Gasteiger partial charge in [-0.05, 0) is 50.5 Å².